The normalized spacial score (nSPS) is 11.8. The van der Waals surface area contributed by atoms with Gasteiger partial charge in [-0.15, -0.1) is 23.1 Å². The Bertz CT molecular complexity index is 797. The lowest BCUT2D eigenvalue weighted by Gasteiger charge is -2.10. The second-order valence-electron chi connectivity index (χ2n) is 5.33. The predicted octanol–water partition coefficient (Wildman–Crippen LogP) is 3.38. The van der Waals surface area contributed by atoms with Crippen LogP contribution in [0.5, 0.6) is 0 Å². The number of fused-ring (bicyclic) bond motifs is 1. The molecule has 2 aromatic heterocycles. The van der Waals surface area contributed by atoms with E-state index in [9.17, 15) is 4.39 Å². The number of thioether (sulfide) groups is 1. The number of rotatable bonds is 7. The number of nitrogens with zero attached hydrogens (tertiary/aromatic N) is 3. The number of guanidine groups is 1. The lowest BCUT2D eigenvalue weighted by molar-refractivity contribution is 0.626. The fourth-order valence-electron chi connectivity index (χ4n) is 2.26. The van der Waals surface area contributed by atoms with Gasteiger partial charge in [-0.25, -0.2) is 9.37 Å². The van der Waals surface area contributed by atoms with Crippen LogP contribution < -0.4 is 10.6 Å². The van der Waals surface area contributed by atoms with Gasteiger partial charge in [0.2, 0.25) is 0 Å². The Morgan fingerprint density at radius 2 is 2.16 bits per heavy atom. The molecule has 8 heteroatoms. The van der Waals surface area contributed by atoms with E-state index in [1.807, 2.05) is 34.3 Å². The highest BCUT2D eigenvalue weighted by Crippen LogP contribution is 2.18. The lowest BCUT2D eigenvalue weighted by atomic mass is 10.4. The van der Waals surface area contributed by atoms with Gasteiger partial charge in [0.25, 0.3) is 0 Å². The molecule has 0 bridgehead atoms. The first-order valence-electron chi connectivity index (χ1n) is 7.98. The van der Waals surface area contributed by atoms with Crippen molar-refractivity contribution in [1.82, 2.24) is 20.0 Å². The SMILES string of the molecule is CN=C(NCCCSc1ccc(F)cc1)NCc1cn2ccsc2n1. The van der Waals surface area contributed by atoms with E-state index in [-0.39, 0.29) is 5.82 Å². The molecule has 0 fully saturated rings. The third-order valence-electron chi connectivity index (χ3n) is 3.50. The standard InChI is InChI=1S/C17H20FN5S2/c1-19-16(21-11-14-12-23-8-10-25-17(23)22-14)20-7-2-9-24-15-5-3-13(18)4-6-15/h3-6,8,10,12H,2,7,9,11H2,1H3,(H2,19,20,21). The molecular formula is C17H20FN5S2. The van der Waals surface area contributed by atoms with Gasteiger partial charge in [0.15, 0.2) is 10.9 Å². The molecule has 2 heterocycles. The van der Waals surface area contributed by atoms with E-state index >= 15 is 0 Å². The number of imidazole rings is 1. The highest BCUT2D eigenvalue weighted by molar-refractivity contribution is 7.99. The van der Waals surface area contributed by atoms with E-state index in [2.05, 4.69) is 20.6 Å². The van der Waals surface area contributed by atoms with Gasteiger partial charge in [0.05, 0.1) is 12.2 Å². The number of benzene rings is 1. The summed E-state index contributed by atoms with van der Waals surface area (Å²) in [6, 6.07) is 6.60. The molecule has 0 saturated carbocycles. The van der Waals surface area contributed by atoms with Crippen LogP contribution in [-0.4, -0.2) is 34.7 Å². The molecule has 0 amide bonds. The van der Waals surface area contributed by atoms with Crippen molar-refractivity contribution in [3.8, 4) is 0 Å². The Morgan fingerprint density at radius 3 is 2.92 bits per heavy atom. The van der Waals surface area contributed by atoms with Crippen LogP contribution in [0.25, 0.3) is 4.96 Å². The monoisotopic (exact) mass is 377 g/mol. The van der Waals surface area contributed by atoms with Crippen molar-refractivity contribution < 1.29 is 4.39 Å². The molecule has 0 unspecified atom stereocenters. The van der Waals surface area contributed by atoms with Gasteiger partial charge in [-0.3, -0.25) is 9.39 Å². The maximum Gasteiger partial charge on any atom is 0.193 e. The molecule has 3 rings (SSSR count). The summed E-state index contributed by atoms with van der Waals surface area (Å²) in [5.41, 5.74) is 0.988. The molecule has 0 aliphatic carbocycles. The fourth-order valence-corrected chi connectivity index (χ4v) is 3.83. The van der Waals surface area contributed by atoms with E-state index in [1.54, 1.807) is 30.1 Å². The van der Waals surface area contributed by atoms with Gasteiger partial charge in [-0.2, -0.15) is 0 Å². The van der Waals surface area contributed by atoms with Gasteiger partial charge >= 0.3 is 0 Å². The highest BCUT2D eigenvalue weighted by atomic mass is 32.2. The van der Waals surface area contributed by atoms with E-state index in [4.69, 9.17) is 0 Å². The van der Waals surface area contributed by atoms with Gasteiger partial charge in [-0.1, -0.05) is 0 Å². The number of aromatic nitrogens is 2. The van der Waals surface area contributed by atoms with Crippen LogP contribution in [0, 0.1) is 5.82 Å². The van der Waals surface area contributed by atoms with Crippen LogP contribution in [0.15, 0.2) is 51.9 Å². The van der Waals surface area contributed by atoms with Gasteiger partial charge in [0, 0.05) is 36.3 Å². The molecule has 0 saturated heterocycles. The number of hydrogen-bond acceptors (Lipinski definition) is 4. The van der Waals surface area contributed by atoms with Crippen LogP contribution in [0.3, 0.4) is 0 Å². The third kappa shape index (κ3) is 5.20. The summed E-state index contributed by atoms with van der Waals surface area (Å²) in [5, 5.41) is 8.58. The highest BCUT2D eigenvalue weighted by Gasteiger charge is 2.04. The minimum absolute atomic E-state index is 0.196. The summed E-state index contributed by atoms with van der Waals surface area (Å²) < 4.78 is 14.9. The smallest absolute Gasteiger partial charge is 0.193 e. The first kappa shape index (κ1) is 17.8. The number of aliphatic imine (C=N–C) groups is 1. The minimum Gasteiger partial charge on any atom is -0.356 e. The van der Waals surface area contributed by atoms with E-state index in [0.717, 1.165) is 40.2 Å². The zero-order valence-electron chi connectivity index (χ0n) is 13.9. The minimum atomic E-state index is -0.196. The Kier molecular flexibility index (Phi) is 6.30. The van der Waals surface area contributed by atoms with Crippen LogP contribution in [0.4, 0.5) is 4.39 Å². The number of hydrogen-bond donors (Lipinski definition) is 2. The molecule has 0 radical (unpaired) electrons. The second-order valence-corrected chi connectivity index (χ2v) is 7.37. The maximum atomic E-state index is 12.8. The average Bonchev–Trinajstić information content (AvgIpc) is 3.20. The third-order valence-corrected chi connectivity index (χ3v) is 5.37. The number of thiazole rings is 1. The second kappa shape index (κ2) is 8.87. The Labute approximate surface area is 154 Å². The molecule has 0 spiro atoms. The Hall–Kier alpha value is -2.06. The fraction of sp³-hybridized carbons (Fsp3) is 0.294. The first-order chi connectivity index (χ1) is 12.2. The molecule has 1 aromatic carbocycles. The molecular weight excluding hydrogens is 357 g/mol. The lowest BCUT2D eigenvalue weighted by Crippen LogP contribution is -2.37. The van der Waals surface area contributed by atoms with Crippen molar-refractivity contribution in [3.05, 3.63) is 53.6 Å². The van der Waals surface area contributed by atoms with Crippen molar-refractivity contribution in [1.29, 1.82) is 0 Å². The topological polar surface area (TPSA) is 53.7 Å². The summed E-state index contributed by atoms with van der Waals surface area (Å²) >= 11 is 3.34. The molecule has 0 aliphatic heterocycles. The number of halogens is 1. The number of nitrogens with one attached hydrogen (secondary N) is 2. The summed E-state index contributed by atoms with van der Waals surface area (Å²) in [6.07, 6.45) is 5.01. The molecule has 5 nitrogen and oxygen atoms in total. The predicted molar refractivity (Wildman–Crippen MR) is 103 cm³/mol. The zero-order chi connectivity index (χ0) is 17.5. The van der Waals surface area contributed by atoms with E-state index in [0.29, 0.717) is 6.54 Å². The quantitative estimate of drug-likeness (QED) is 0.287. The molecule has 25 heavy (non-hydrogen) atoms. The summed E-state index contributed by atoms with van der Waals surface area (Å²) in [7, 11) is 1.76. The van der Waals surface area contributed by atoms with Crippen molar-refractivity contribution in [2.24, 2.45) is 4.99 Å². The van der Waals surface area contributed by atoms with Crippen molar-refractivity contribution >= 4 is 34.0 Å². The van der Waals surface area contributed by atoms with Crippen LogP contribution >= 0.6 is 23.1 Å². The van der Waals surface area contributed by atoms with Crippen molar-refractivity contribution in [2.75, 3.05) is 19.3 Å². The van der Waals surface area contributed by atoms with Gasteiger partial charge < -0.3 is 10.6 Å². The van der Waals surface area contributed by atoms with Crippen LogP contribution in [0.2, 0.25) is 0 Å². The molecule has 2 N–H and O–H groups in total. The van der Waals surface area contributed by atoms with Crippen molar-refractivity contribution in [2.45, 2.75) is 17.9 Å². The summed E-state index contributed by atoms with van der Waals surface area (Å²) in [4.78, 5) is 10.8. The van der Waals surface area contributed by atoms with Crippen LogP contribution in [0.1, 0.15) is 12.1 Å². The Morgan fingerprint density at radius 1 is 1.32 bits per heavy atom. The Balaban J connectivity index is 1.34. The molecule has 0 atom stereocenters. The summed E-state index contributed by atoms with van der Waals surface area (Å²) in [6.45, 7) is 1.46. The van der Waals surface area contributed by atoms with Crippen LogP contribution in [-0.2, 0) is 6.54 Å². The average molecular weight is 378 g/mol. The molecule has 0 aliphatic rings. The van der Waals surface area contributed by atoms with E-state index < -0.39 is 0 Å². The van der Waals surface area contributed by atoms with E-state index in [1.165, 1.54) is 12.1 Å². The molecule has 132 valence electrons. The first-order valence-corrected chi connectivity index (χ1v) is 9.85. The summed E-state index contributed by atoms with van der Waals surface area (Å²) in [5.74, 6) is 1.54. The zero-order valence-corrected chi connectivity index (χ0v) is 15.5. The largest absolute Gasteiger partial charge is 0.356 e. The van der Waals surface area contributed by atoms with Crippen molar-refractivity contribution in [3.63, 3.8) is 0 Å². The molecule has 3 aromatic rings. The maximum absolute atomic E-state index is 12.8. The van der Waals surface area contributed by atoms with Gasteiger partial charge in [-0.05, 0) is 36.4 Å². The van der Waals surface area contributed by atoms with Gasteiger partial charge in [0.1, 0.15) is 5.82 Å².